The van der Waals surface area contributed by atoms with Crippen LogP contribution < -0.4 is 14.2 Å². The molecular formula is C19H23NO4. The number of methoxy groups -OCH3 is 3. The molecule has 0 heterocycles. The average Bonchev–Trinajstić information content (AvgIpc) is 2.61. The van der Waals surface area contributed by atoms with Gasteiger partial charge in [0.1, 0.15) is 5.75 Å². The van der Waals surface area contributed by atoms with Crippen LogP contribution in [0, 0.1) is 6.92 Å². The molecule has 2 aromatic rings. The normalized spacial score (nSPS) is 10.2. The molecule has 0 N–H and O–H groups in total. The van der Waals surface area contributed by atoms with Crippen LogP contribution >= 0.6 is 0 Å². The maximum absolute atomic E-state index is 12.8. The molecule has 2 rings (SSSR count). The molecule has 0 bridgehead atoms. The average molecular weight is 329 g/mol. The quantitative estimate of drug-likeness (QED) is 0.816. The monoisotopic (exact) mass is 329 g/mol. The molecule has 0 aliphatic rings. The molecule has 0 spiro atoms. The molecule has 0 saturated heterocycles. The van der Waals surface area contributed by atoms with Crippen molar-refractivity contribution < 1.29 is 19.0 Å². The predicted molar refractivity (Wildman–Crippen MR) is 93.1 cm³/mol. The molecule has 128 valence electrons. The van der Waals surface area contributed by atoms with Gasteiger partial charge in [-0.1, -0.05) is 29.8 Å². The third-order valence-corrected chi connectivity index (χ3v) is 3.82. The highest BCUT2D eigenvalue weighted by molar-refractivity contribution is 5.97. The maximum Gasteiger partial charge on any atom is 0.257 e. The standard InChI is InChI=1S/C19H23NO4/c1-13-6-8-14(9-7-13)12-20(2)19(21)15-10-17(23-4)18(24-5)11-16(15)22-3/h6-11H,12H2,1-5H3. The number of hydrogen-bond donors (Lipinski definition) is 0. The van der Waals surface area contributed by atoms with Gasteiger partial charge >= 0.3 is 0 Å². The molecule has 0 atom stereocenters. The van der Waals surface area contributed by atoms with Gasteiger partial charge in [-0.05, 0) is 12.5 Å². The Hall–Kier alpha value is -2.69. The van der Waals surface area contributed by atoms with Crippen molar-refractivity contribution in [2.75, 3.05) is 28.4 Å². The van der Waals surface area contributed by atoms with Gasteiger partial charge < -0.3 is 19.1 Å². The molecule has 0 aromatic heterocycles. The van der Waals surface area contributed by atoms with Crippen LogP contribution in [0.15, 0.2) is 36.4 Å². The van der Waals surface area contributed by atoms with E-state index in [0.29, 0.717) is 29.4 Å². The number of benzene rings is 2. The Bertz CT molecular complexity index is 710. The van der Waals surface area contributed by atoms with Crippen molar-refractivity contribution in [1.29, 1.82) is 0 Å². The van der Waals surface area contributed by atoms with Crippen LogP contribution in [0.1, 0.15) is 21.5 Å². The number of hydrogen-bond acceptors (Lipinski definition) is 4. The van der Waals surface area contributed by atoms with E-state index in [2.05, 4.69) is 0 Å². The van der Waals surface area contributed by atoms with E-state index in [1.807, 2.05) is 31.2 Å². The smallest absolute Gasteiger partial charge is 0.257 e. The van der Waals surface area contributed by atoms with Crippen molar-refractivity contribution in [2.24, 2.45) is 0 Å². The summed E-state index contributed by atoms with van der Waals surface area (Å²) in [4.78, 5) is 14.5. The third kappa shape index (κ3) is 3.79. The Morgan fingerprint density at radius 1 is 0.917 bits per heavy atom. The largest absolute Gasteiger partial charge is 0.496 e. The van der Waals surface area contributed by atoms with E-state index >= 15 is 0 Å². The van der Waals surface area contributed by atoms with E-state index in [4.69, 9.17) is 14.2 Å². The zero-order chi connectivity index (χ0) is 17.7. The molecule has 0 radical (unpaired) electrons. The summed E-state index contributed by atoms with van der Waals surface area (Å²) in [6.45, 7) is 2.55. The molecule has 2 aromatic carbocycles. The fraction of sp³-hybridized carbons (Fsp3) is 0.316. The molecule has 0 aliphatic heterocycles. The molecule has 5 nitrogen and oxygen atoms in total. The van der Waals surface area contributed by atoms with Gasteiger partial charge in [-0.25, -0.2) is 0 Å². The number of aryl methyl sites for hydroxylation is 1. The summed E-state index contributed by atoms with van der Waals surface area (Å²) >= 11 is 0. The molecule has 0 fully saturated rings. The molecule has 0 saturated carbocycles. The van der Waals surface area contributed by atoms with E-state index < -0.39 is 0 Å². The Balaban J connectivity index is 2.28. The third-order valence-electron chi connectivity index (χ3n) is 3.82. The molecule has 5 heteroatoms. The first-order chi connectivity index (χ1) is 11.5. The van der Waals surface area contributed by atoms with Crippen molar-refractivity contribution in [3.63, 3.8) is 0 Å². The van der Waals surface area contributed by atoms with Gasteiger partial charge in [0.15, 0.2) is 11.5 Å². The van der Waals surface area contributed by atoms with Gasteiger partial charge in [-0.2, -0.15) is 0 Å². The maximum atomic E-state index is 12.8. The molecular weight excluding hydrogens is 306 g/mol. The predicted octanol–water partition coefficient (Wildman–Crippen LogP) is 3.29. The lowest BCUT2D eigenvalue weighted by Crippen LogP contribution is -2.26. The molecule has 0 aliphatic carbocycles. The Kier molecular flexibility index (Phi) is 5.68. The SMILES string of the molecule is COc1cc(OC)c(C(=O)N(C)Cc2ccc(C)cc2)cc1OC. The number of ether oxygens (including phenoxy) is 3. The minimum Gasteiger partial charge on any atom is -0.496 e. The lowest BCUT2D eigenvalue weighted by Gasteiger charge is -2.20. The van der Waals surface area contributed by atoms with Crippen LogP contribution in [-0.4, -0.2) is 39.2 Å². The summed E-state index contributed by atoms with van der Waals surface area (Å²) in [7, 11) is 6.37. The number of nitrogens with zero attached hydrogens (tertiary/aromatic N) is 1. The highest BCUT2D eigenvalue weighted by atomic mass is 16.5. The van der Waals surface area contributed by atoms with Crippen LogP contribution in [0.4, 0.5) is 0 Å². The highest BCUT2D eigenvalue weighted by Crippen LogP contribution is 2.35. The second-order valence-corrected chi connectivity index (χ2v) is 5.55. The first kappa shape index (κ1) is 17.7. The van der Waals surface area contributed by atoms with Gasteiger partial charge in [0, 0.05) is 25.7 Å². The zero-order valence-electron chi connectivity index (χ0n) is 14.8. The van der Waals surface area contributed by atoms with Gasteiger partial charge in [0.2, 0.25) is 0 Å². The second-order valence-electron chi connectivity index (χ2n) is 5.55. The van der Waals surface area contributed by atoms with Crippen molar-refractivity contribution in [3.05, 3.63) is 53.1 Å². The minimum absolute atomic E-state index is 0.145. The lowest BCUT2D eigenvalue weighted by atomic mass is 10.1. The van der Waals surface area contributed by atoms with Crippen molar-refractivity contribution in [2.45, 2.75) is 13.5 Å². The summed E-state index contributed by atoms with van der Waals surface area (Å²) in [6.07, 6.45) is 0. The number of carbonyl (C=O) groups is 1. The van der Waals surface area contributed by atoms with Gasteiger partial charge in [-0.3, -0.25) is 4.79 Å². The first-order valence-corrected chi connectivity index (χ1v) is 7.61. The van der Waals surface area contributed by atoms with E-state index in [0.717, 1.165) is 5.56 Å². The fourth-order valence-corrected chi connectivity index (χ4v) is 2.44. The summed E-state index contributed by atoms with van der Waals surface area (Å²) in [5, 5.41) is 0. The fourth-order valence-electron chi connectivity index (χ4n) is 2.44. The summed E-state index contributed by atoms with van der Waals surface area (Å²) in [6, 6.07) is 11.4. The Labute approximate surface area is 142 Å². The van der Waals surface area contributed by atoms with Gasteiger partial charge in [-0.15, -0.1) is 0 Å². The van der Waals surface area contributed by atoms with Gasteiger partial charge in [0.25, 0.3) is 5.91 Å². The summed E-state index contributed by atoms with van der Waals surface area (Å²) < 4.78 is 15.9. The van der Waals surface area contributed by atoms with Crippen LogP contribution in [0.3, 0.4) is 0 Å². The minimum atomic E-state index is -0.145. The summed E-state index contributed by atoms with van der Waals surface area (Å²) in [5.74, 6) is 1.32. The van der Waals surface area contributed by atoms with E-state index in [1.54, 1.807) is 31.2 Å². The van der Waals surface area contributed by atoms with Crippen LogP contribution in [0.5, 0.6) is 17.2 Å². The van der Waals surface area contributed by atoms with E-state index in [-0.39, 0.29) is 5.91 Å². The molecule has 1 amide bonds. The van der Waals surface area contributed by atoms with Crippen molar-refractivity contribution >= 4 is 5.91 Å². The Morgan fingerprint density at radius 3 is 2.00 bits per heavy atom. The van der Waals surface area contributed by atoms with Crippen LogP contribution in [-0.2, 0) is 6.54 Å². The van der Waals surface area contributed by atoms with Crippen LogP contribution in [0.2, 0.25) is 0 Å². The first-order valence-electron chi connectivity index (χ1n) is 7.61. The molecule has 24 heavy (non-hydrogen) atoms. The van der Waals surface area contributed by atoms with Crippen molar-refractivity contribution in [1.82, 2.24) is 4.90 Å². The molecule has 0 unspecified atom stereocenters. The van der Waals surface area contributed by atoms with E-state index in [9.17, 15) is 4.79 Å². The zero-order valence-corrected chi connectivity index (χ0v) is 14.8. The lowest BCUT2D eigenvalue weighted by molar-refractivity contribution is 0.0781. The van der Waals surface area contributed by atoms with E-state index in [1.165, 1.54) is 19.8 Å². The Morgan fingerprint density at radius 2 is 1.46 bits per heavy atom. The van der Waals surface area contributed by atoms with Gasteiger partial charge in [0.05, 0.1) is 26.9 Å². The topological polar surface area (TPSA) is 48.0 Å². The highest BCUT2D eigenvalue weighted by Gasteiger charge is 2.20. The number of carbonyl (C=O) groups excluding carboxylic acids is 1. The number of rotatable bonds is 6. The van der Waals surface area contributed by atoms with Crippen molar-refractivity contribution in [3.8, 4) is 17.2 Å². The second kappa shape index (κ2) is 7.73. The summed E-state index contributed by atoms with van der Waals surface area (Å²) in [5.41, 5.74) is 2.69. The van der Waals surface area contributed by atoms with Crippen LogP contribution in [0.25, 0.3) is 0 Å². The number of amides is 1.